The molecule has 2 N–H and O–H groups in total. The molecule has 0 saturated carbocycles. The average molecular weight is 172 g/mol. The van der Waals surface area contributed by atoms with Crippen LogP contribution in [0.15, 0.2) is 11.8 Å². The van der Waals surface area contributed by atoms with Gasteiger partial charge in [0.1, 0.15) is 0 Å². The molecule has 12 heavy (non-hydrogen) atoms. The van der Waals surface area contributed by atoms with E-state index in [1.807, 2.05) is 6.92 Å². The van der Waals surface area contributed by atoms with E-state index in [0.717, 1.165) is 12.8 Å². The van der Waals surface area contributed by atoms with E-state index in [0.29, 0.717) is 5.76 Å². The number of hydrogen-bond acceptors (Lipinski definition) is 2. The highest BCUT2D eigenvalue weighted by atomic mass is 16.4. The zero-order chi connectivity index (χ0) is 9.56. The Morgan fingerprint density at radius 3 is 2.50 bits per heavy atom. The van der Waals surface area contributed by atoms with Crippen LogP contribution < -0.4 is 0 Å². The summed E-state index contributed by atoms with van der Waals surface area (Å²) in [4.78, 5) is 10.2. The van der Waals surface area contributed by atoms with E-state index in [9.17, 15) is 4.79 Å². The van der Waals surface area contributed by atoms with Gasteiger partial charge < -0.3 is 10.2 Å². The van der Waals surface area contributed by atoms with Gasteiger partial charge in [0.2, 0.25) is 0 Å². The van der Waals surface area contributed by atoms with Gasteiger partial charge >= 0.3 is 5.97 Å². The third kappa shape index (κ3) is 7.12. The fourth-order valence-corrected chi connectivity index (χ4v) is 0.977. The van der Waals surface area contributed by atoms with Gasteiger partial charge in [-0.25, -0.2) is 0 Å². The van der Waals surface area contributed by atoms with Crippen LogP contribution in [0, 0.1) is 5.92 Å². The highest BCUT2D eigenvalue weighted by molar-refractivity contribution is 5.66. The average Bonchev–Trinajstić information content (AvgIpc) is 1.84. The number of aliphatic carboxylic acids is 1. The van der Waals surface area contributed by atoms with Crippen molar-refractivity contribution in [1.82, 2.24) is 0 Å². The maximum absolute atomic E-state index is 10.2. The molecule has 0 rings (SSSR count). The van der Waals surface area contributed by atoms with E-state index in [4.69, 9.17) is 10.2 Å². The molecule has 0 aromatic carbocycles. The van der Waals surface area contributed by atoms with Crippen molar-refractivity contribution in [3.63, 3.8) is 0 Å². The van der Waals surface area contributed by atoms with E-state index in [1.54, 1.807) is 13.0 Å². The Morgan fingerprint density at radius 1 is 1.50 bits per heavy atom. The summed E-state index contributed by atoms with van der Waals surface area (Å²) in [7, 11) is 0. The van der Waals surface area contributed by atoms with Crippen LogP contribution in [0.1, 0.15) is 33.1 Å². The molecule has 0 saturated heterocycles. The molecule has 0 amide bonds. The fourth-order valence-electron chi connectivity index (χ4n) is 0.977. The van der Waals surface area contributed by atoms with Crippen LogP contribution in [0.3, 0.4) is 0 Å². The second-order valence-corrected chi connectivity index (χ2v) is 3.13. The first-order valence-corrected chi connectivity index (χ1v) is 4.10. The number of rotatable bonds is 5. The van der Waals surface area contributed by atoms with Gasteiger partial charge in [-0.2, -0.15) is 0 Å². The summed E-state index contributed by atoms with van der Waals surface area (Å²) in [6.45, 7) is 3.51. The molecule has 1 unspecified atom stereocenters. The van der Waals surface area contributed by atoms with E-state index >= 15 is 0 Å². The van der Waals surface area contributed by atoms with Gasteiger partial charge in [-0.05, 0) is 31.8 Å². The SMILES string of the molecule is C/C(O)=C\CCC(C)CC(=O)O. The third-order valence-electron chi connectivity index (χ3n) is 1.62. The Hall–Kier alpha value is -0.990. The van der Waals surface area contributed by atoms with Crippen molar-refractivity contribution < 1.29 is 15.0 Å². The molecule has 0 aliphatic carbocycles. The minimum absolute atomic E-state index is 0.179. The maximum atomic E-state index is 10.2. The lowest BCUT2D eigenvalue weighted by Crippen LogP contribution is -2.03. The number of aliphatic hydroxyl groups excluding tert-OH is 1. The van der Waals surface area contributed by atoms with Crippen LogP contribution in [0.2, 0.25) is 0 Å². The summed E-state index contributed by atoms with van der Waals surface area (Å²) in [5, 5.41) is 17.2. The van der Waals surface area contributed by atoms with E-state index < -0.39 is 5.97 Å². The standard InChI is InChI=1S/C9H16O3/c1-7(6-9(11)12)4-3-5-8(2)10/h5,7,10H,3-4,6H2,1-2H3,(H,11,12)/b8-5+. The molecular weight excluding hydrogens is 156 g/mol. The molecule has 0 aromatic heterocycles. The number of carboxylic acid groups (broad SMARTS) is 1. The summed E-state index contributed by atoms with van der Waals surface area (Å²) >= 11 is 0. The summed E-state index contributed by atoms with van der Waals surface area (Å²) < 4.78 is 0. The number of aliphatic hydroxyl groups is 1. The van der Waals surface area contributed by atoms with E-state index in [2.05, 4.69) is 0 Å². The Bertz CT molecular complexity index is 169. The fraction of sp³-hybridized carbons (Fsp3) is 0.667. The minimum Gasteiger partial charge on any atom is -0.513 e. The van der Waals surface area contributed by atoms with Crippen molar-refractivity contribution in [2.24, 2.45) is 5.92 Å². The molecule has 3 heteroatoms. The third-order valence-corrected chi connectivity index (χ3v) is 1.62. The highest BCUT2D eigenvalue weighted by Crippen LogP contribution is 2.10. The van der Waals surface area contributed by atoms with Crippen molar-refractivity contribution in [3.05, 3.63) is 11.8 Å². The normalized spacial score (nSPS) is 14.3. The van der Waals surface area contributed by atoms with Gasteiger partial charge in [0.15, 0.2) is 0 Å². The predicted octanol–water partition coefficient (Wildman–Crippen LogP) is 2.34. The van der Waals surface area contributed by atoms with E-state index in [-0.39, 0.29) is 12.3 Å². The lowest BCUT2D eigenvalue weighted by Gasteiger charge is -2.05. The van der Waals surface area contributed by atoms with Gasteiger partial charge in [0.25, 0.3) is 0 Å². The summed E-state index contributed by atoms with van der Waals surface area (Å²) in [6.07, 6.45) is 3.47. The van der Waals surface area contributed by atoms with E-state index in [1.165, 1.54) is 0 Å². The van der Waals surface area contributed by atoms with Crippen LogP contribution in [-0.2, 0) is 4.79 Å². The Morgan fingerprint density at radius 2 is 2.08 bits per heavy atom. The first kappa shape index (κ1) is 11.0. The van der Waals surface area contributed by atoms with Crippen LogP contribution in [-0.4, -0.2) is 16.2 Å². The van der Waals surface area contributed by atoms with Gasteiger partial charge in [-0.1, -0.05) is 6.92 Å². The molecule has 0 fully saturated rings. The molecule has 0 aliphatic rings. The van der Waals surface area contributed by atoms with Crippen LogP contribution in [0.5, 0.6) is 0 Å². The topological polar surface area (TPSA) is 57.5 Å². The molecule has 0 aliphatic heterocycles. The summed E-state index contributed by atoms with van der Waals surface area (Å²) in [6, 6.07) is 0. The van der Waals surface area contributed by atoms with Crippen molar-refractivity contribution in [2.45, 2.75) is 33.1 Å². The van der Waals surface area contributed by atoms with Crippen molar-refractivity contribution in [2.75, 3.05) is 0 Å². The molecule has 70 valence electrons. The number of hydrogen-bond donors (Lipinski definition) is 2. The molecule has 3 nitrogen and oxygen atoms in total. The Kier molecular flexibility index (Phi) is 5.17. The zero-order valence-electron chi connectivity index (χ0n) is 7.58. The lowest BCUT2D eigenvalue weighted by molar-refractivity contribution is -0.138. The molecule has 0 spiro atoms. The number of carboxylic acids is 1. The second-order valence-electron chi connectivity index (χ2n) is 3.13. The molecule has 0 heterocycles. The van der Waals surface area contributed by atoms with Crippen LogP contribution in [0.4, 0.5) is 0 Å². The molecule has 1 atom stereocenters. The lowest BCUT2D eigenvalue weighted by atomic mass is 10.0. The summed E-state index contributed by atoms with van der Waals surface area (Å²) in [5.74, 6) is -0.275. The zero-order valence-corrected chi connectivity index (χ0v) is 7.58. The first-order valence-electron chi connectivity index (χ1n) is 4.10. The maximum Gasteiger partial charge on any atom is 0.303 e. The monoisotopic (exact) mass is 172 g/mol. The molecular formula is C9H16O3. The number of allylic oxidation sites excluding steroid dienone is 2. The predicted molar refractivity (Wildman–Crippen MR) is 47.0 cm³/mol. The number of carbonyl (C=O) groups is 1. The van der Waals surface area contributed by atoms with Gasteiger partial charge in [-0.15, -0.1) is 0 Å². The van der Waals surface area contributed by atoms with Gasteiger partial charge in [0, 0.05) is 6.42 Å². The Balaban J connectivity index is 3.50. The molecule has 0 aromatic rings. The van der Waals surface area contributed by atoms with Crippen LogP contribution in [0.25, 0.3) is 0 Å². The van der Waals surface area contributed by atoms with Gasteiger partial charge in [-0.3, -0.25) is 4.79 Å². The first-order chi connectivity index (χ1) is 5.52. The largest absolute Gasteiger partial charge is 0.513 e. The van der Waals surface area contributed by atoms with Crippen molar-refractivity contribution >= 4 is 5.97 Å². The highest BCUT2D eigenvalue weighted by Gasteiger charge is 2.05. The quantitative estimate of drug-likeness (QED) is 0.626. The van der Waals surface area contributed by atoms with Gasteiger partial charge in [0.05, 0.1) is 5.76 Å². The van der Waals surface area contributed by atoms with Crippen molar-refractivity contribution in [1.29, 1.82) is 0 Å². The second kappa shape index (κ2) is 5.63. The molecule has 0 bridgehead atoms. The Labute approximate surface area is 72.7 Å². The van der Waals surface area contributed by atoms with Crippen LogP contribution >= 0.6 is 0 Å². The van der Waals surface area contributed by atoms with Crippen molar-refractivity contribution in [3.8, 4) is 0 Å². The summed E-state index contributed by atoms with van der Waals surface area (Å²) in [5.41, 5.74) is 0. The smallest absolute Gasteiger partial charge is 0.303 e. The molecule has 0 radical (unpaired) electrons. The minimum atomic E-state index is -0.757.